The maximum absolute atomic E-state index is 5.86. The average Bonchev–Trinajstić information content (AvgIpc) is 3.29. The molecule has 2 nitrogen and oxygen atoms in total. The normalized spacial score (nSPS) is 17.7. The quantitative estimate of drug-likeness (QED) is 0.476. The Morgan fingerprint density at radius 3 is 2.25 bits per heavy atom. The molecule has 0 saturated heterocycles. The molecule has 1 aliphatic rings. The van der Waals surface area contributed by atoms with Gasteiger partial charge in [0.1, 0.15) is 0 Å². The Morgan fingerprint density at radius 2 is 1.70 bits per heavy atom. The summed E-state index contributed by atoms with van der Waals surface area (Å²) in [6.45, 7) is 0. The van der Waals surface area contributed by atoms with Gasteiger partial charge < -0.3 is 0 Å². The number of benzene rings is 2. The maximum atomic E-state index is 5.86. The zero-order valence-electron chi connectivity index (χ0n) is 11.4. The first-order valence-electron chi connectivity index (χ1n) is 7.01. The van der Waals surface area contributed by atoms with Crippen LogP contribution < -0.4 is 11.3 Å². The lowest BCUT2D eigenvalue weighted by Crippen LogP contribution is -2.45. The molecule has 0 spiro atoms. The highest BCUT2D eigenvalue weighted by Crippen LogP contribution is 2.51. The van der Waals surface area contributed by atoms with Crippen LogP contribution in [0.25, 0.3) is 0 Å². The summed E-state index contributed by atoms with van der Waals surface area (Å²) in [5.74, 6) is 5.86. The molecule has 1 unspecified atom stereocenters. The zero-order valence-corrected chi connectivity index (χ0v) is 13.5. The summed E-state index contributed by atoms with van der Waals surface area (Å²) in [6.07, 6.45) is 3.41. The number of hydrogen-bond donors (Lipinski definition) is 2. The van der Waals surface area contributed by atoms with E-state index >= 15 is 0 Å². The van der Waals surface area contributed by atoms with Crippen LogP contribution in [-0.2, 0) is 11.8 Å². The van der Waals surface area contributed by atoms with E-state index in [0.717, 1.165) is 6.42 Å². The van der Waals surface area contributed by atoms with Gasteiger partial charge in [0.2, 0.25) is 0 Å². The van der Waals surface area contributed by atoms with Crippen LogP contribution in [0.1, 0.15) is 24.0 Å². The Balaban J connectivity index is 1.82. The van der Waals surface area contributed by atoms with Gasteiger partial charge in [-0.2, -0.15) is 0 Å². The Labute approximate surface area is 133 Å². The summed E-state index contributed by atoms with van der Waals surface area (Å²) in [7, 11) is 0. The van der Waals surface area contributed by atoms with Gasteiger partial charge in [-0.05, 0) is 65.1 Å². The van der Waals surface area contributed by atoms with E-state index < -0.39 is 0 Å². The van der Waals surface area contributed by atoms with Crippen molar-refractivity contribution >= 4 is 22.6 Å². The van der Waals surface area contributed by atoms with Crippen molar-refractivity contribution in [3.05, 3.63) is 69.3 Å². The van der Waals surface area contributed by atoms with Crippen LogP contribution in [-0.4, -0.2) is 6.04 Å². The van der Waals surface area contributed by atoms with Gasteiger partial charge in [0, 0.05) is 15.0 Å². The zero-order chi connectivity index (χ0) is 14.0. The third-order valence-electron chi connectivity index (χ3n) is 4.36. The van der Waals surface area contributed by atoms with Gasteiger partial charge >= 0.3 is 0 Å². The van der Waals surface area contributed by atoms with Crippen LogP contribution in [0.15, 0.2) is 54.6 Å². The summed E-state index contributed by atoms with van der Waals surface area (Å²) in [5, 5.41) is 0. The van der Waals surface area contributed by atoms with Gasteiger partial charge in [0.05, 0.1) is 0 Å². The average molecular weight is 378 g/mol. The number of nitrogens with two attached hydrogens (primary N) is 1. The van der Waals surface area contributed by atoms with E-state index in [-0.39, 0.29) is 5.41 Å². The highest BCUT2D eigenvalue weighted by molar-refractivity contribution is 14.1. The lowest BCUT2D eigenvalue weighted by Gasteiger charge is -2.27. The summed E-state index contributed by atoms with van der Waals surface area (Å²) in [6, 6.07) is 19.8. The van der Waals surface area contributed by atoms with Crippen molar-refractivity contribution in [3.63, 3.8) is 0 Å². The van der Waals surface area contributed by atoms with Crippen LogP contribution in [0.4, 0.5) is 0 Å². The molecular weight excluding hydrogens is 359 g/mol. The minimum atomic E-state index is 0.221. The summed E-state index contributed by atoms with van der Waals surface area (Å²) < 4.78 is 1.27. The molecule has 1 atom stereocenters. The molecule has 1 aliphatic carbocycles. The number of halogens is 1. The molecule has 104 valence electrons. The summed E-state index contributed by atoms with van der Waals surface area (Å²) >= 11 is 2.34. The summed E-state index contributed by atoms with van der Waals surface area (Å²) in [4.78, 5) is 0. The number of nitrogens with one attached hydrogen (secondary N) is 1. The highest BCUT2D eigenvalue weighted by atomic mass is 127. The molecule has 20 heavy (non-hydrogen) atoms. The highest BCUT2D eigenvalue weighted by Gasteiger charge is 2.50. The van der Waals surface area contributed by atoms with Crippen LogP contribution in [0, 0.1) is 3.57 Å². The third kappa shape index (κ3) is 2.75. The molecule has 0 aromatic heterocycles. The molecule has 0 radical (unpaired) electrons. The van der Waals surface area contributed by atoms with Gasteiger partial charge in [-0.25, -0.2) is 0 Å². The second-order valence-corrected chi connectivity index (χ2v) is 6.82. The molecule has 0 aliphatic heterocycles. The van der Waals surface area contributed by atoms with E-state index in [4.69, 9.17) is 5.84 Å². The predicted octanol–water partition coefficient (Wildman–Crippen LogP) is 3.40. The van der Waals surface area contributed by atoms with Gasteiger partial charge in [0.15, 0.2) is 0 Å². The number of rotatable bonds is 5. The fourth-order valence-corrected chi connectivity index (χ4v) is 3.37. The molecule has 0 amide bonds. The largest absolute Gasteiger partial charge is 0.271 e. The van der Waals surface area contributed by atoms with Crippen LogP contribution in [0.3, 0.4) is 0 Å². The van der Waals surface area contributed by atoms with Crippen molar-refractivity contribution in [2.24, 2.45) is 5.84 Å². The third-order valence-corrected chi connectivity index (χ3v) is 5.08. The maximum Gasteiger partial charge on any atom is 0.0347 e. The smallest absolute Gasteiger partial charge is 0.0347 e. The molecule has 3 N–H and O–H groups in total. The van der Waals surface area contributed by atoms with E-state index in [1.54, 1.807) is 0 Å². The molecule has 2 aromatic carbocycles. The molecule has 1 saturated carbocycles. The first-order valence-corrected chi connectivity index (χ1v) is 8.08. The molecule has 1 fully saturated rings. The molecule has 0 bridgehead atoms. The monoisotopic (exact) mass is 378 g/mol. The van der Waals surface area contributed by atoms with Gasteiger partial charge in [-0.3, -0.25) is 11.3 Å². The van der Waals surface area contributed by atoms with Crippen molar-refractivity contribution in [1.29, 1.82) is 0 Å². The Morgan fingerprint density at radius 1 is 1.05 bits per heavy atom. The van der Waals surface area contributed by atoms with Gasteiger partial charge in [-0.1, -0.05) is 42.5 Å². The number of hydrogen-bond acceptors (Lipinski definition) is 2. The molecular formula is C17H19IN2. The molecule has 3 rings (SSSR count). The second-order valence-electron chi connectivity index (χ2n) is 5.57. The minimum Gasteiger partial charge on any atom is -0.271 e. The van der Waals surface area contributed by atoms with E-state index in [0.29, 0.717) is 6.04 Å². The lowest BCUT2D eigenvalue weighted by molar-refractivity contribution is 0.420. The molecule has 0 heterocycles. The Hall–Kier alpha value is -0.910. The lowest BCUT2D eigenvalue weighted by atomic mass is 9.85. The Bertz CT molecular complexity index is 561. The number of hydrazine groups is 1. The van der Waals surface area contributed by atoms with Crippen molar-refractivity contribution in [3.8, 4) is 0 Å². The predicted molar refractivity (Wildman–Crippen MR) is 91.3 cm³/mol. The minimum absolute atomic E-state index is 0.221. The standard InChI is InChI=1S/C17H19IN2/c18-15-8-6-13(7-9-15)12-16(20-19)17(10-11-17)14-4-2-1-3-5-14/h1-9,16,20H,10-12,19H2. The van der Waals surface area contributed by atoms with Gasteiger partial charge in [-0.15, -0.1) is 0 Å². The molecule has 2 aromatic rings. The molecule has 3 heteroatoms. The fraction of sp³-hybridized carbons (Fsp3) is 0.294. The van der Waals surface area contributed by atoms with E-state index in [1.165, 1.54) is 27.5 Å². The van der Waals surface area contributed by atoms with Gasteiger partial charge in [0.25, 0.3) is 0 Å². The summed E-state index contributed by atoms with van der Waals surface area (Å²) in [5.41, 5.74) is 6.04. The van der Waals surface area contributed by atoms with E-state index in [1.807, 2.05) is 0 Å². The van der Waals surface area contributed by atoms with Crippen molar-refractivity contribution in [2.45, 2.75) is 30.7 Å². The van der Waals surface area contributed by atoms with E-state index in [2.05, 4.69) is 82.6 Å². The van der Waals surface area contributed by atoms with Crippen molar-refractivity contribution in [2.75, 3.05) is 0 Å². The SMILES string of the molecule is NNC(Cc1ccc(I)cc1)C1(c2ccccc2)CC1. The Kier molecular flexibility index (Phi) is 4.10. The van der Waals surface area contributed by atoms with Crippen molar-refractivity contribution in [1.82, 2.24) is 5.43 Å². The fourth-order valence-electron chi connectivity index (χ4n) is 3.01. The van der Waals surface area contributed by atoms with Crippen LogP contribution in [0.5, 0.6) is 0 Å². The first-order chi connectivity index (χ1) is 9.74. The second kappa shape index (κ2) is 5.84. The van der Waals surface area contributed by atoms with E-state index in [9.17, 15) is 0 Å². The van der Waals surface area contributed by atoms with Crippen LogP contribution in [0.2, 0.25) is 0 Å². The topological polar surface area (TPSA) is 38.0 Å². The first kappa shape index (κ1) is 14.0. The van der Waals surface area contributed by atoms with Crippen molar-refractivity contribution < 1.29 is 0 Å². The van der Waals surface area contributed by atoms with Crippen LogP contribution >= 0.6 is 22.6 Å².